The maximum Gasteiger partial charge on any atom is 0.330 e. The second-order valence-electron chi connectivity index (χ2n) is 7.35. The fourth-order valence-corrected chi connectivity index (χ4v) is 3.45. The lowest BCUT2D eigenvalue weighted by atomic mass is 10.1. The second kappa shape index (κ2) is 8.42. The van der Waals surface area contributed by atoms with Gasteiger partial charge in [-0.3, -0.25) is 4.79 Å². The monoisotopic (exact) mass is 398 g/mol. The normalized spacial score (nSPS) is 20.7. The number of rotatable bonds is 7. The average molecular weight is 398 g/mol. The molecule has 0 saturated heterocycles. The Bertz CT molecular complexity index is 735. The van der Waals surface area contributed by atoms with Crippen molar-refractivity contribution in [3.8, 4) is 0 Å². The van der Waals surface area contributed by atoms with Crippen LogP contribution in [0.4, 0.5) is 8.78 Å². The number of allylic oxidation sites excluding steroid dienone is 1. The zero-order valence-corrected chi connectivity index (χ0v) is 16.9. The Morgan fingerprint density at radius 3 is 2.37 bits per heavy atom. The van der Waals surface area contributed by atoms with Gasteiger partial charge in [0.1, 0.15) is 18.2 Å². The molecule has 0 radical (unpaired) electrons. The van der Waals surface area contributed by atoms with Crippen LogP contribution in [0.5, 0.6) is 0 Å². The van der Waals surface area contributed by atoms with Gasteiger partial charge in [-0.05, 0) is 43.6 Å². The largest absolute Gasteiger partial charge is 0.460 e. The summed E-state index contributed by atoms with van der Waals surface area (Å²) in [5, 5.41) is 0. The van der Waals surface area contributed by atoms with Crippen molar-refractivity contribution >= 4 is 23.7 Å². The number of esters is 2. The summed E-state index contributed by atoms with van der Waals surface area (Å²) in [6.07, 6.45) is 4.43. The van der Waals surface area contributed by atoms with Crippen molar-refractivity contribution in [3.05, 3.63) is 41.5 Å². The quantitative estimate of drug-likeness (QED) is 0.384. The molecule has 0 bridgehead atoms. The first kappa shape index (κ1) is 21.4. The molecule has 0 amide bonds. The number of carbonyl (C=O) groups excluding carboxylic acids is 2. The summed E-state index contributed by atoms with van der Waals surface area (Å²) in [5.41, 5.74) is -0.668. The third kappa shape index (κ3) is 5.09. The topological polar surface area (TPSA) is 52.6 Å². The molecule has 1 saturated carbocycles. The number of ether oxygens (including phenoxy) is 2. The molecule has 148 valence electrons. The van der Waals surface area contributed by atoms with Crippen LogP contribution in [-0.4, -0.2) is 24.3 Å². The zero-order chi connectivity index (χ0) is 20.4. The first-order valence-corrected chi connectivity index (χ1v) is 9.87. The van der Waals surface area contributed by atoms with Crippen LogP contribution in [0.15, 0.2) is 29.2 Å². The van der Waals surface area contributed by atoms with E-state index in [0.29, 0.717) is 4.90 Å². The van der Waals surface area contributed by atoms with E-state index >= 15 is 0 Å². The minimum Gasteiger partial charge on any atom is -0.460 e. The van der Waals surface area contributed by atoms with Crippen molar-refractivity contribution in [1.82, 2.24) is 0 Å². The first-order chi connectivity index (χ1) is 12.6. The lowest BCUT2D eigenvalue weighted by molar-refractivity contribution is -0.147. The lowest BCUT2D eigenvalue weighted by Gasteiger charge is -2.09. The third-order valence-corrected chi connectivity index (χ3v) is 5.37. The molecule has 0 aromatic heterocycles. The minimum absolute atomic E-state index is 0.196. The third-order valence-electron chi connectivity index (χ3n) is 4.67. The fourth-order valence-electron chi connectivity index (χ4n) is 3.01. The summed E-state index contributed by atoms with van der Waals surface area (Å²) < 4.78 is 38.2. The summed E-state index contributed by atoms with van der Waals surface area (Å²) >= 11 is 1.22. The van der Waals surface area contributed by atoms with E-state index in [1.54, 1.807) is 26.2 Å². The van der Waals surface area contributed by atoms with Crippen LogP contribution < -0.4 is 0 Å². The Morgan fingerprint density at radius 2 is 1.85 bits per heavy atom. The van der Waals surface area contributed by atoms with Crippen LogP contribution in [-0.2, 0) is 25.7 Å². The van der Waals surface area contributed by atoms with Gasteiger partial charge in [0, 0.05) is 11.0 Å². The maximum absolute atomic E-state index is 14.0. The Balaban J connectivity index is 1.98. The standard InChI is InChI=1S/C20H24F2O4S/c1-11(2)26-17(23)7-6-14-18(20(14,3)4)19(24)25-10-13-15(21)8-12(27-5)9-16(13)22/h6-9,11,14,18H,10H2,1-5H3. The highest BCUT2D eigenvalue weighted by atomic mass is 32.2. The van der Waals surface area contributed by atoms with Crippen LogP contribution in [0.1, 0.15) is 33.3 Å². The summed E-state index contributed by atoms with van der Waals surface area (Å²) in [6, 6.07) is 2.42. The SMILES string of the molecule is CSc1cc(F)c(COC(=O)C2C(C=CC(=O)OC(C)C)C2(C)C)c(F)c1. The van der Waals surface area contributed by atoms with Crippen molar-refractivity contribution < 1.29 is 27.8 Å². The van der Waals surface area contributed by atoms with E-state index in [-0.39, 0.29) is 17.6 Å². The molecule has 2 atom stereocenters. The van der Waals surface area contributed by atoms with E-state index in [2.05, 4.69) is 0 Å². The number of hydrogen-bond acceptors (Lipinski definition) is 5. The highest BCUT2D eigenvalue weighted by molar-refractivity contribution is 7.98. The molecular formula is C20H24F2O4S. The van der Waals surface area contributed by atoms with E-state index in [1.807, 2.05) is 13.8 Å². The number of halogens is 2. The van der Waals surface area contributed by atoms with Gasteiger partial charge in [0.15, 0.2) is 0 Å². The number of benzene rings is 1. The van der Waals surface area contributed by atoms with E-state index in [0.717, 1.165) is 0 Å². The van der Waals surface area contributed by atoms with Gasteiger partial charge in [0.2, 0.25) is 0 Å². The summed E-state index contributed by atoms with van der Waals surface area (Å²) in [7, 11) is 0. The average Bonchev–Trinajstić information content (AvgIpc) is 3.12. The molecule has 1 aliphatic carbocycles. The summed E-state index contributed by atoms with van der Waals surface area (Å²) in [6.45, 7) is 6.77. The molecule has 0 spiro atoms. The summed E-state index contributed by atoms with van der Waals surface area (Å²) in [5.74, 6) is -3.17. The Hall–Kier alpha value is -1.89. The van der Waals surface area contributed by atoms with Crippen LogP contribution in [0.25, 0.3) is 0 Å². The highest BCUT2D eigenvalue weighted by Crippen LogP contribution is 2.59. The van der Waals surface area contributed by atoms with Crippen molar-refractivity contribution in [2.45, 2.75) is 45.3 Å². The van der Waals surface area contributed by atoms with Crippen LogP contribution in [0.3, 0.4) is 0 Å². The molecule has 2 unspecified atom stereocenters. The maximum atomic E-state index is 14.0. The van der Waals surface area contributed by atoms with Crippen LogP contribution in [0.2, 0.25) is 0 Å². The van der Waals surface area contributed by atoms with Gasteiger partial charge in [-0.25, -0.2) is 13.6 Å². The molecule has 0 aliphatic heterocycles. The van der Waals surface area contributed by atoms with Crippen LogP contribution in [0, 0.1) is 28.9 Å². The molecule has 1 aromatic rings. The molecule has 27 heavy (non-hydrogen) atoms. The highest BCUT2D eigenvalue weighted by Gasteiger charge is 2.61. The smallest absolute Gasteiger partial charge is 0.330 e. The minimum atomic E-state index is -0.741. The van der Waals surface area contributed by atoms with Gasteiger partial charge in [-0.2, -0.15) is 0 Å². The van der Waals surface area contributed by atoms with Crippen molar-refractivity contribution in [2.24, 2.45) is 17.3 Å². The molecule has 1 aliphatic rings. The molecule has 7 heteroatoms. The van der Waals surface area contributed by atoms with E-state index in [1.165, 1.54) is 30.0 Å². The lowest BCUT2D eigenvalue weighted by Crippen LogP contribution is -2.12. The Labute approximate surface area is 162 Å². The van der Waals surface area contributed by atoms with Crippen LogP contribution >= 0.6 is 11.8 Å². The number of thioether (sulfide) groups is 1. The molecule has 0 heterocycles. The van der Waals surface area contributed by atoms with E-state index < -0.39 is 41.5 Å². The van der Waals surface area contributed by atoms with Gasteiger partial charge >= 0.3 is 11.9 Å². The van der Waals surface area contributed by atoms with E-state index in [9.17, 15) is 18.4 Å². The van der Waals surface area contributed by atoms with Gasteiger partial charge in [0.05, 0.1) is 17.6 Å². The summed E-state index contributed by atoms with van der Waals surface area (Å²) in [4.78, 5) is 24.4. The molecule has 4 nitrogen and oxygen atoms in total. The van der Waals surface area contributed by atoms with Gasteiger partial charge < -0.3 is 9.47 Å². The molecule has 0 N–H and O–H groups in total. The Morgan fingerprint density at radius 1 is 1.26 bits per heavy atom. The van der Waals surface area contributed by atoms with Gasteiger partial charge in [0.25, 0.3) is 0 Å². The predicted molar refractivity (Wildman–Crippen MR) is 99.1 cm³/mol. The second-order valence-corrected chi connectivity index (χ2v) is 8.23. The van der Waals surface area contributed by atoms with Gasteiger partial charge in [-0.1, -0.05) is 19.9 Å². The Kier molecular flexibility index (Phi) is 6.68. The fraction of sp³-hybridized carbons (Fsp3) is 0.500. The molecule has 1 aromatic carbocycles. The number of carbonyl (C=O) groups is 2. The number of hydrogen-bond donors (Lipinski definition) is 0. The van der Waals surface area contributed by atoms with Crippen molar-refractivity contribution in [1.29, 1.82) is 0 Å². The zero-order valence-electron chi connectivity index (χ0n) is 16.0. The molecular weight excluding hydrogens is 374 g/mol. The molecule has 2 rings (SSSR count). The van der Waals surface area contributed by atoms with Crippen molar-refractivity contribution in [2.75, 3.05) is 6.26 Å². The van der Waals surface area contributed by atoms with Gasteiger partial charge in [-0.15, -0.1) is 11.8 Å². The van der Waals surface area contributed by atoms with E-state index in [4.69, 9.17) is 9.47 Å². The molecule has 1 fully saturated rings. The van der Waals surface area contributed by atoms with Crippen molar-refractivity contribution in [3.63, 3.8) is 0 Å². The first-order valence-electron chi connectivity index (χ1n) is 8.65. The predicted octanol–water partition coefficient (Wildman–Crippen LogP) is 4.51.